The third kappa shape index (κ3) is 4.49. The molecule has 23 heavy (non-hydrogen) atoms. The summed E-state index contributed by atoms with van der Waals surface area (Å²) in [6.07, 6.45) is 12.5. The van der Waals surface area contributed by atoms with Crippen LogP contribution >= 0.6 is 23.1 Å². The molecule has 0 amide bonds. The monoisotopic (exact) mass is 460 g/mol. The van der Waals surface area contributed by atoms with Gasteiger partial charge in [-0.25, -0.2) is 0 Å². The van der Waals surface area contributed by atoms with Crippen LogP contribution in [0, 0.1) is 0 Å². The number of hydrogen-bond donors (Lipinski definition) is 0. The second-order valence-electron chi connectivity index (χ2n) is 6.64. The summed E-state index contributed by atoms with van der Waals surface area (Å²) >= 11 is 1.39. The molecule has 0 aliphatic heterocycles. The van der Waals surface area contributed by atoms with Gasteiger partial charge in [-0.2, -0.15) is 0 Å². The summed E-state index contributed by atoms with van der Waals surface area (Å²) in [5.74, 6) is 0. The zero-order chi connectivity index (χ0) is 16.7. The number of thioether (sulfide) groups is 1. The summed E-state index contributed by atoms with van der Waals surface area (Å²) < 4.78 is 8.83. The van der Waals surface area contributed by atoms with Crippen molar-refractivity contribution in [3.05, 3.63) is 11.7 Å². The fourth-order valence-electron chi connectivity index (χ4n) is 3.59. The van der Waals surface area contributed by atoms with E-state index in [1.54, 1.807) is 15.5 Å². The van der Waals surface area contributed by atoms with E-state index in [1.807, 2.05) is 11.3 Å². The first-order chi connectivity index (χ1) is 11.2. The molecule has 2 heterocycles. The molecule has 0 saturated carbocycles. The zero-order valence-corrected chi connectivity index (χ0v) is 19.7. The van der Waals surface area contributed by atoms with Crippen molar-refractivity contribution in [2.24, 2.45) is 0 Å². The van der Waals surface area contributed by atoms with Crippen molar-refractivity contribution in [3.8, 4) is 0 Å². The summed E-state index contributed by atoms with van der Waals surface area (Å²) in [7, 11) is 0. The average Bonchev–Trinajstić information content (AvgIpc) is 3.16. The van der Waals surface area contributed by atoms with E-state index in [1.165, 1.54) is 61.7 Å². The molecule has 0 atom stereocenters. The van der Waals surface area contributed by atoms with Gasteiger partial charge in [-0.15, -0.1) is 0 Å². The van der Waals surface area contributed by atoms with Crippen LogP contribution in [0.15, 0.2) is 16.7 Å². The van der Waals surface area contributed by atoms with Gasteiger partial charge in [-0.3, -0.25) is 0 Å². The fourth-order valence-corrected chi connectivity index (χ4v) is 23.4. The molecule has 0 aliphatic rings. The third-order valence-corrected chi connectivity index (χ3v) is 22.8. The quantitative estimate of drug-likeness (QED) is 0.295. The second kappa shape index (κ2) is 9.71. The Balaban J connectivity index is 2.44. The molecule has 0 aliphatic carbocycles. The summed E-state index contributed by atoms with van der Waals surface area (Å²) in [5.41, 5.74) is 0. The molecule has 0 fully saturated rings. The number of thiazole rings is 1. The van der Waals surface area contributed by atoms with Crippen LogP contribution in [0.25, 0.3) is 4.83 Å². The fraction of sp³-hybridized carbons (Fsp3) is 0.722. The van der Waals surface area contributed by atoms with Gasteiger partial charge >= 0.3 is 155 Å². The predicted octanol–water partition coefficient (Wildman–Crippen LogP) is 6.17. The number of fused-ring (bicyclic) bond motifs is 1. The molecule has 2 nitrogen and oxygen atoms in total. The summed E-state index contributed by atoms with van der Waals surface area (Å²) in [4.78, 5) is 6.05. The summed E-state index contributed by atoms with van der Waals surface area (Å²) in [6, 6.07) is 0. The Morgan fingerprint density at radius 3 is 2.09 bits per heavy atom. The molecule has 0 N–H and O–H groups in total. The average molecular weight is 459 g/mol. The van der Waals surface area contributed by atoms with Crippen molar-refractivity contribution in [3.63, 3.8) is 0 Å². The van der Waals surface area contributed by atoms with Gasteiger partial charge in [0.05, 0.1) is 0 Å². The zero-order valence-electron chi connectivity index (χ0n) is 15.2. The Morgan fingerprint density at radius 2 is 1.61 bits per heavy atom. The minimum atomic E-state index is -2.33. The van der Waals surface area contributed by atoms with E-state index in [0.717, 1.165) is 0 Å². The first-order valence-corrected chi connectivity index (χ1v) is 18.8. The Kier molecular flexibility index (Phi) is 8.29. The third-order valence-electron chi connectivity index (χ3n) is 5.00. The molecule has 0 spiro atoms. The predicted molar refractivity (Wildman–Crippen MR) is 109 cm³/mol. The Morgan fingerprint density at radius 1 is 1.04 bits per heavy atom. The van der Waals surface area contributed by atoms with Gasteiger partial charge in [0.1, 0.15) is 0 Å². The van der Waals surface area contributed by atoms with E-state index in [2.05, 4.69) is 48.1 Å². The van der Waals surface area contributed by atoms with Gasteiger partial charge in [0.25, 0.3) is 0 Å². The van der Waals surface area contributed by atoms with Crippen LogP contribution in [0.3, 0.4) is 0 Å². The summed E-state index contributed by atoms with van der Waals surface area (Å²) in [5, 5.41) is 3.73. The maximum absolute atomic E-state index is 4.66. The van der Waals surface area contributed by atoms with E-state index >= 15 is 0 Å². The first kappa shape index (κ1) is 19.6. The maximum atomic E-state index is 4.66. The Labute approximate surface area is 154 Å². The van der Waals surface area contributed by atoms with Crippen molar-refractivity contribution in [2.75, 3.05) is 6.26 Å². The molecule has 5 heteroatoms. The number of hydrogen-bond acceptors (Lipinski definition) is 3. The van der Waals surface area contributed by atoms with E-state index in [4.69, 9.17) is 0 Å². The van der Waals surface area contributed by atoms with Crippen molar-refractivity contribution in [2.45, 2.75) is 77.6 Å². The normalized spacial score (nSPS) is 12.3. The van der Waals surface area contributed by atoms with Gasteiger partial charge in [-0.05, 0) is 0 Å². The first-order valence-electron chi connectivity index (χ1n) is 9.21. The van der Waals surface area contributed by atoms with Gasteiger partial charge in [0, 0.05) is 0 Å². The van der Waals surface area contributed by atoms with Crippen LogP contribution in [0.4, 0.5) is 0 Å². The van der Waals surface area contributed by atoms with Gasteiger partial charge < -0.3 is 0 Å². The molecule has 0 aromatic carbocycles. The van der Waals surface area contributed by atoms with Crippen LogP contribution in [-0.2, 0) is 0 Å². The van der Waals surface area contributed by atoms with E-state index in [-0.39, 0.29) is 0 Å². The molecule has 0 bridgehead atoms. The SMILES string of the molecule is CCC[CH2][Sn]([CH2]CCC)([CH2]CCC)[c]1csc2c(SC)ncn12. The molecule has 130 valence electrons. The Hall–Kier alpha value is 0.319. The van der Waals surface area contributed by atoms with Crippen LogP contribution in [0.2, 0.25) is 13.3 Å². The standard InChI is InChI=1S/C6H5N2S2.3C4H9.Sn/c1-9-5-6-8(4-7-5)2-3-10-6;3*1-3-4-2;/h3-4H,1H3;3*1,3-4H2,2H3;. The van der Waals surface area contributed by atoms with Crippen LogP contribution in [0.5, 0.6) is 0 Å². The topological polar surface area (TPSA) is 17.3 Å². The molecule has 0 unspecified atom stereocenters. The number of unbranched alkanes of at least 4 members (excludes halogenated alkanes) is 3. The van der Waals surface area contributed by atoms with E-state index in [0.29, 0.717) is 0 Å². The Bertz CT molecular complexity index is 569. The van der Waals surface area contributed by atoms with Gasteiger partial charge in [0.15, 0.2) is 0 Å². The molecular weight excluding hydrogens is 427 g/mol. The molecule has 2 aromatic rings. The molecule has 2 rings (SSSR count). The summed E-state index contributed by atoms with van der Waals surface area (Å²) in [6.45, 7) is 7.05. The van der Waals surface area contributed by atoms with Crippen molar-refractivity contribution in [1.29, 1.82) is 0 Å². The van der Waals surface area contributed by atoms with Crippen LogP contribution in [0.1, 0.15) is 59.3 Å². The van der Waals surface area contributed by atoms with Gasteiger partial charge in [0.2, 0.25) is 0 Å². The molecular formula is C18H32N2S2Sn. The second-order valence-corrected chi connectivity index (χ2v) is 21.3. The minimum absolute atomic E-state index is 1.21. The van der Waals surface area contributed by atoms with Crippen molar-refractivity contribution >= 4 is 50.0 Å². The van der Waals surface area contributed by atoms with Crippen molar-refractivity contribution in [1.82, 2.24) is 9.38 Å². The van der Waals surface area contributed by atoms with Crippen LogP contribution < -0.4 is 3.71 Å². The number of imidazole rings is 1. The van der Waals surface area contributed by atoms with Crippen molar-refractivity contribution < 1.29 is 0 Å². The van der Waals surface area contributed by atoms with E-state index < -0.39 is 18.4 Å². The molecule has 0 radical (unpaired) electrons. The number of rotatable bonds is 11. The number of aromatic nitrogens is 2. The van der Waals surface area contributed by atoms with Crippen LogP contribution in [-0.4, -0.2) is 34.0 Å². The van der Waals surface area contributed by atoms with Gasteiger partial charge in [-0.1, -0.05) is 0 Å². The molecule has 2 aromatic heterocycles. The molecule has 0 saturated heterocycles. The van der Waals surface area contributed by atoms with E-state index in [9.17, 15) is 0 Å². The number of nitrogens with zero attached hydrogens (tertiary/aromatic N) is 2.